The molecular formula is C12H10F2N2O. The molecule has 17 heavy (non-hydrogen) atoms. The summed E-state index contributed by atoms with van der Waals surface area (Å²) in [5, 5.41) is 9.95. The van der Waals surface area contributed by atoms with Gasteiger partial charge < -0.3 is 10.8 Å². The average molecular weight is 236 g/mol. The molecule has 88 valence electrons. The number of aliphatic hydroxyl groups excluding tert-OH is 1. The van der Waals surface area contributed by atoms with E-state index in [0.717, 1.165) is 6.07 Å². The van der Waals surface area contributed by atoms with E-state index in [0.29, 0.717) is 0 Å². The Morgan fingerprint density at radius 3 is 2.65 bits per heavy atom. The Kier molecular flexibility index (Phi) is 3.01. The third-order valence-corrected chi connectivity index (χ3v) is 2.46. The van der Waals surface area contributed by atoms with Crippen molar-refractivity contribution in [2.75, 3.05) is 5.73 Å². The second-order valence-electron chi connectivity index (χ2n) is 3.55. The summed E-state index contributed by atoms with van der Waals surface area (Å²) in [7, 11) is 0. The summed E-state index contributed by atoms with van der Waals surface area (Å²) in [5.74, 6) is -2.09. The summed E-state index contributed by atoms with van der Waals surface area (Å²) in [6.07, 6.45) is 1.44. The lowest BCUT2D eigenvalue weighted by atomic mass is 10.0. The SMILES string of the molecule is Nc1ccncc1C(O)c1cccc(F)c1F. The number of nitrogens with zero attached hydrogens (tertiary/aromatic N) is 1. The van der Waals surface area contributed by atoms with E-state index in [-0.39, 0.29) is 16.8 Å². The zero-order valence-electron chi connectivity index (χ0n) is 8.77. The summed E-state index contributed by atoms with van der Waals surface area (Å²) in [5.41, 5.74) is 5.99. The topological polar surface area (TPSA) is 59.1 Å². The number of hydrogen-bond donors (Lipinski definition) is 2. The standard InChI is InChI=1S/C12H10F2N2O/c13-9-3-1-2-7(11(9)14)12(17)8-6-16-5-4-10(8)15/h1-6,12,17H,(H2,15,16). The molecule has 2 aromatic rings. The van der Waals surface area contributed by atoms with Gasteiger partial charge in [0.2, 0.25) is 0 Å². The molecule has 1 unspecified atom stereocenters. The number of aromatic nitrogens is 1. The molecule has 0 aliphatic rings. The summed E-state index contributed by atoms with van der Waals surface area (Å²) in [4.78, 5) is 3.79. The highest BCUT2D eigenvalue weighted by Gasteiger charge is 2.19. The molecule has 0 amide bonds. The predicted octanol–water partition coefficient (Wildman–Crippen LogP) is 2.02. The van der Waals surface area contributed by atoms with Gasteiger partial charge in [0, 0.05) is 29.2 Å². The fourth-order valence-corrected chi connectivity index (χ4v) is 1.55. The van der Waals surface area contributed by atoms with Gasteiger partial charge in [0.25, 0.3) is 0 Å². The highest BCUT2D eigenvalue weighted by Crippen LogP contribution is 2.28. The molecule has 1 atom stereocenters. The number of nitrogens with two attached hydrogens (primary N) is 1. The number of anilines is 1. The fraction of sp³-hybridized carbons (Fsp3) is 0.0833. The normalized spacial score (nSPS) is 12.4. The highest BCUT2D eigenvalue weighted by atomic mass is 19.2. The molecule has 0 saturated carbocycles. The second-order valence-corrected chi connectivity index (χ2v) is 3.55. The van der Waals surface area contributed by atoms with Gasteiger partial charge in [-0.05, 0) is 12.1 Å². The van der Waals surface area contributed by atoms with E-state index in [4.69, 9.17) is 5.73 Å². The van der Waals surface area contributed by atoms with Crippen LogP contribution >= 0.6 is 0 Å². The van der Waals surface area contributed by atoms with Gasteiger partial charge in [0.15, 0.2) is 11.6 Å². The highest BCUT2D eigenvalue weighted by molar-refractivity contribution is 5.48. The molecule has 5 heteroatoms. The summed E-state index contributed by atoms with van der Waals surface area (Å²) in [6.45, 7) is 0. The maximum Gasteiger partial charge on any atom is 0.164 e. The van der Waals surface area contributed by atoms with E-state index in [1.165, 1.54) is 30.6 Å². The third-order valence-electron chi connectivity index (χ3n) is 2.46. The summed E-state index contributed by atoms with van der Waals surface area (Å²) < 4.78 is 26.5. The van der Waals surface area contributed by atoms with E-state index in [1.807, 2.05) is 0 Å². The third kappa shape index (κ3) is 2.09. The smallest absolute Gasteiger partial charge is 0.164 e. The molecule has 2 rings (SSSR count). The molecule has 3 N–H and O–H groups in total. The molecule has 0 spiro atoms. The van der Waals surface area contributed by atoms with Crippen LogP contribution in [-0.2, 0) is 0 Å². The van der Waals surface area contributed by atoms with Crippen LogP contribution in [0.15, 0.2) is 36.7 Å². The van der Waals surface area contributed by atoms with Gasteiger partial charge in [-0.25, -0.2) is 8.78 Å². The van der Waals surface area contributed by atoms with Crippen LogP contribution in [0.5, 0.6) is 0 Å². The summed E-state index contributed by atoms with van der Waals surface area (Å²) >= 11 is 0. The van der Waals surface area contributed by atoms with Crippen LogP contribution in [0.25, 0.3) is 0 Å². The van der Waals surface area contributed by atoms with Crippen molar-refractivity contribution in [1.29, 1.82) is 0 Å². The maximum absolute atomic E-state index is 13.5. The van der Waals surface area contributed by atoms with Gasteiger partial charge in [-0.2, -0.15) is 0 Å². The Morgan fingerprint density at radius 1 is 1.18 bits per heavy atom. The first-order chi connectivity index (χ1) is 8.11. The van der Waals surface area contributed by atoms with Crippen molar-refractivity contribution >= 4 is 5.69 Å². The van der Waals surface area contributed by atoms with Gasteiger partial charge in [0.1, 0.15) is 6.10 Å². The number of benzene rings is 1. The van der Waals surface area contributed by atoms with Gasteiger partial charge in [-0.3, -0.25) is 4.98 Å². The molecule has 1 aromatic heterocycles. The number of halogens is 2. The Bertz CT molecular complexity index is 546. The summed E-state index contributed by atoms with van der Waals surface area (Å²) in [6, 6.07) is 5.09. The zero-order chi connectivity index (χ0) is 12.4. The quantitative estimate of drug-likeness (QED) is 0.838. The number of rotatable bonds is 2. The average Bonchev–Trinajstić information content (AvgIpc) is 2.32. The molecule has 0 aliphatic heterocycles. The number of nitrogen functional groups attached to an aromatic ring is 1. The minimum Gasteiger partial charge on any atom is -0.398 e. The first-order valence-corrected chi connectivity index (χ1v) is 4.92. The van der Waals surface area contributed by atoms with Crippen LogP contribution in [-0.4, -0.2) is 10.1 Å². The first-order valence-electron chi connectivity index (χ1n) is 4.92. The van der Waals surface area contributed by atoms with Gasteiger partial charge in [-0.1, -0.05) is 12.1 Å². The lowest BCUT2D eigenvalue weighted by Gasteiger charge is -2.14. The largest absolute Gasteiger partial charge is 0.398 e. The molecule has 1 aromatic carbocycles. The van der Waals surface area contributed by atoms with E-state index in [9.17, 15) is 13.9 Å². The lowest BCUT2D eigenvalue weighted by molar-refractivity contribution is 0.213. The van der Waals surface area contributed by atoms with Crippen molar-refractivity contribution in [2.45, 2.75) is 6.10 Å². The van der Waals surface area contributed by atoms with E-state index in [1.54, 1.807) is 0 Å². The molecule has 3 nitrogen and oxygen atoms in total. The number of pyridine rings is 1. The Hall–Kier alpha value is -2.01. The monoisotopic (exact) mass is 236 g/mol. The van der Waals surface area contributed by atoms with Crippen molar-refractivity contribution in [3.63, 3.8) is 0 Å². The van der Waals surface area contributed by atoms with Crippen LogP contribution in [0.3, 0.4) is 0 Å². The van der Waals surface area contributed by atoms with E-state index >= 15 is 0 Å². The first kappa shape index (κ1) is 11.5. The van der Waals surface area contributed by atoms with Gasteiger partial charge in [-0.15, -0.1) is 0 Å². The van der Waals surface area contributed by atoms with Crippen molar-refractivity contribution in [2.24, 2.45) is 0 Å². The minimum atomic E-state index is -1.33. The Morgan fingerprint density at radius 2 is 1.94 bits per heavy atom. The zero-order valence-corrected chi connectivity index (χ0v) is 8.77. The number of aliphatic hydroxyl groups is 1. The van der Waals surface area contributed by atoms with Crippen LogP contribution in [0.2, 0.25) is 0 Å². The van der Waals surface area contributed by atoms with E-state index < -0.39 is 17.7 Å². The molecule has 0 aliphatic carbocycles. The van der Waals surface area contributed by atoms with Crippen molar-refractivity contribution in [1.82, 2.24) is 4.98 Å². The maximum atomic E-state index is 13.5. The van der Waals surface area contributed by atoms with Crippen molar-refractivity contribution in [3.8, 4) is 0 Å². The molecular weight excluding hydrogens is 226 g/mol. The van der Waals surface area contributed by atoms with Crippen LogP contribution in [0.4, 0.5) is 14.5 Å². The lowest BCUT2D eigenvalue weighted by Crippen LogP contribution is -2.07. The van der Waals surface area contributed by atoms with Crippen molar-refractivity contribution < 1.29 is 13.9 Å². The molecule has 1 heterocycles. The van der Waals surface area contributed by atoms with Crippen LogP contribution in [0.1, 0.15) is 17.2 Å². The van der Waals surface area contributed by atoms with Gasteiger partial charge in [0.05, 0.1) is 0 Å². The Balaban J connectivity index is 2.48. The van der Waals surface area contributed by atoms with Gasteiger partial charge >= 0.3 is 0 Å². The Labute approximate surface area is 96.5 Å². The minimum absolute atomic E-state index is 0.162. The van der Waals surface area contributed by atoms with E-state index in [2.05, 4.69) is 4.98 Å². The van der Waals surface area contributed by atoms with Crippen LogP contribution in [0, 0.1) is 11.6 Å². The molecule has 0 radical (unpaired) electrons. The number of hydrogen-bond acceptors (Lipinski definition) is 3. The second kappa shape index (κ2) is 4.47. The molecule has 0 fully saturated rings. The van der Waals surface area contributed by atoms with Crippen molar-refractivity contribution in [3.05, 3.63) is 59.4 Å². The van der Waals surface area contributed by atoms with Crippen LogP contribution < -0.4 is 5.73 Å². The molecule has 0 saturated heterocycles. The fourth-order valence-electron chi connectivity index (χ4n) is 1.55. The molecule has 0 bridgehead atoms. The predicted molar refractivity (Wildman–Crippen MR) is 59.1 cm³/mol.